The molecular weight excluding hydrogens is 411 g/mol. The van der Waals surface area contributed by atoms with Crippen molar-refractivity contribution < 1.29 is 18.0 Å². The maximum absolute atomic E-state index is 13.3. The van der Waals surface area contributed by atoms with Gasteiger partial charge in [-0.1, -0.05) is 66.7 Å². The van der Waals surface area contributed by atoms with Gasteiger partial charge < -0.3 is 4.90 Å². The molecule has 0 bridgehead atoms. The largest absolute Gasteiger partial charge is 0.417 e. The van der Waals surface area contributed by atoms with Gasteiger partial charge in [-0.15, -0.1) is 0 Å². The molecule has 2 nitrogen and oxygen atoms in total. The molecule has 164 valence electrons. The van der Waals surface area contributed by atoms with Crippen molar-refractivity contribution in [3.63, 3.8) is 0 Å². The van der Waals surface area contributed by atoms with Crippen molar-refractivity contribution in [1.29, 1.82) is 0 Å². The van der Waals surface area contributed by atoms with E-state index in [2.05, 4.69) is 30.3 Å². The number of hydrogen-bond acceptors (Lipinski definition) is 1. The number of carbonyl (C=O) groups excluding carboxylic acids is 1. The zero-order valence-electron chi connectivity index (χ0n) is 17.8. The standard InChI is InChI=1S/C27H24F3NO/c1-31(26(32)24-13-6-7-15-25(24)27(28,29)30)18-8-14-23-21-11-4-2-9-19(21)16-17-20-10-3-5-12-22(20)23/h2-7,9-15H,8,16-18H2,1H3. The molecule has 1 amide bonds. The Morgan fingerprint density at radius 3 is 2.00 bits per heavy atom. The normalized spacial score (nSPS) is 13.1. The van der Waals surface area contributed by atoms with Gasteiger partial charge in [0, 0.05) is 13.6 Å². The van der Waals surface area contributed by atoms with Gasteiger partial charge in [-0.25, -0.2) is 0 Å². The Morgan fingerprint density at radius 1 is 0.875 bits per heavy atom. The molecule has 3 aromatic rings. The molecule has 0 atom stereocenters. The van der Waals surface area contributed by atoms with Crippen LogP contribution in [0.4, 0.5) is 13.2 Å². The third-order valence-corrected chi connectivity index (χ3v) is 5.90. The molecule has 0 saturated carbocycles. The van der Waals surface area contributed by atoms with E-state index >= 15 is 0 Å². The van der Waals surface area contributed by atoms with E-state index in [1.165, 1.54) is 45.4 Å². The van der Waals surface area contributed by atoms with Gasteiger partial charge in [-0.3, -0.25) is 4.79 Å². The number of benzene rings is 3. The van der Waals surface area contributed by atoms with Crippen LogP contribution in [-0.2, 0) is 19.0 Å². The van der Waals surface area contributed by atoms with Gasteiger partial charge in [0.05, 0.1) is 11.1 Å². The maximum Gasteiger partial charge on any atom is 0.417 e. The van der Waals surface area contributed by atoms with E-state index in [9.17, 15) is 18.0 Å². The third-order valence-electron chi connectivity index (χ3n) is 5.90. The average Bonchev–Trinajstić information content (AvgIpc) is 2.95. The van der Waals surface area contributed by atoms with Gasteiger partial charge in [-0.05, 0) is 59.2 Å². The summed E-state index contributed by atoms with van der Waals surface area (Å²) in [6.45, 7) is 0.318. The molecule has 4 rings (SSSR count). The number of carbonyl (C=O) groups is 1. The predicted molar refractivity (Wildman–Crippen MR) is 120 cm³/mol. The smallest absolute Gasteiger partial charge is 0.341 e. The van der Waals surface area contributed by atoms with Crippen LogP contribution in [0.3, 0.4) is 0 Å². The molecule has 0 heterocycles. The molecule has 32 heavy (non-hydrogen) atoms. The van der Waals surface area contributed by atoms with Crippen molar-refractivity contribution in [2.75, 3.05) is 13.6 Å². The van der Waals surface area contributed by atoms with Gasteiger partial charge in [-0.2, -0.15) is 13.2 Å². The second-order valence-electron chi connectivity index (χ2n) is 7.99. The van der Waals surface area contributed by atoms with Crippen LogP contribution in [0.2, 0.25) is 0 Å². The zero-order valence-corrected chi connectivity index (χ0v) is 17.8. The van der Waals surface area contributed by atoms with Crippen molar-refractivity contribution in [2.45, 2.75) is 25.4 Å². The molecule has 1 aliphatic rings. The number of nitrogens with zero attached hydrogens (tertiary/aromatic N) is 1. The highest BCUT2D eigenvalue weighted by molar-refractivity contribution is 5.95. The lowest BCUT2D eigenvalue weighted by atomic mass is 9.93. The number of alkyl halides is 3. The van der Waals surface area contributed by atoms with Crippen molar-refractivity contribution in [2.24, 2.45) is 0 Å². The van der Waals surface area contributed by atoms with E-state index in [1.807, 2.05) is 24.3 Å². The molecule has 0 unspecified atom stereocenters. The van der Waals surface area contributed by atoms with Crippen LogP contribution in [0, 0.1) is 0 Å². The summed E-state index contributed by atoms with van der Waals surface area (Å²) in [4.78, 5) is 14.1. The number of halogens is 3. The highest BCUT2D eigenvalue weighted by Gasteiger charge is 2.35. The second-order valence-corrected chi connectivity index (χ2v) is 7.99. The van der Waals surface area contributed by atoms with Gasteiger partial charge in [0.2, 0.25) is 0 Å². The fourth-order valence-corrected chi connectivity index (χ4v) is 4.26. The fourth-order valence-electron chi connectivity index (χ4n) is 4.26. The van der Waals surface area contributed by atoms with E-state index in [-0.39, 0.29) is 5.56 Å². The maximum atomic E-state index is 13.3. The highest BCUT2D eigenvalue weighted by Crippen LogP contribution is 2.34. The van der Waals surface area contributed by atoms with Gasteiger partial charge >= 0.3 is 6.18 Å². The Morgan fingerprint density at radius 2 is 1.41 bits per heavy atom. The topological polar surface area (TPSA) is 20.3 Å². The Kier molecular flexibility index (Phi) is 6.17. The number of aryl methyl sites for hydroxylation is 2. The van der Waals surface area contributed by atoms with Crippen LogP contribution in [0.15, 0.2) is 78.9 Å². The minimum Gasteiger partial charge on any atom is -0.341 e. The number of rotatable bonds is 4. The van der Waals surface area contributed by atoms with E-state index < -0.39 is 17.6 Å². The molecule has 3 aromatic carbocycles. The number of fused-ring (bicyclic) bond motifs is 2. The van der Waals surface area contributed by atoms with Crippen molar-refractivity contribution in [1.82, 2.24) is 4.90 Å². The molecule has 0 fully saturated rings. The lowest BCUT2D eigenvalue weighted by molar-refractivity contribution is -0.138. The molecule has 0 spiro atoms. The molecular formula is C27H24F3NO. The zero-order chi connectivity index (χ0) is 22.7. The molecule has 0 N–H and O–H groups in total. The number of amides is 1. The van der Waals surface area contributed by atoms with Gasteiger partial charge in [0.15, 0.2) is 0 Å². The van der Waals surface area contributed by atoms with E-state index in [4.69, 9.17) is 0 Å². The minimum atomic E-state index is -4.57. The highest BCUT2D eigenvalue weighted by atomic mass is 19.4. The predicted octanol–water partition coefficient (Wildman–Crippen LogP) is 6.40. The summed E-state index contributed by atoms with van der Waals surface area (Å²) in [7, 11) is 1.54. The minimum absolute atomic E-state index is 0.318. The first-order valence-corrected chi connectivity index (χ1v) is 10.6. The summed E-state index contributed by atoms with van der Waals surface area (Å²) >= 11 is 0. The van der Waals surface area contributed by atoms with Crippen LogP contribution < -0.4 is 0 Å². The van der Waals surface area contributed by atoms with Gasteiger partial charge in [0.1, 0.15) is 0 Å². The lowest BCUT2D eigenvalue weighted by Gasteiger charge is -2.20. The molecule has 0 aliphatic heterocycles. The lowest BCUT2D eigenvalue weighted by Crippen LogP contribution is -2.29. The van der Waals surface area contributed by atoms with E-state index in [1.54, 1.807) is 7.05 Å². The van der Waals surface area contributed by atoms with E-state index in [0.29, 0.717) is 13.0 Å². The SMILES string of the molecule is CN(CCC=C1c2ccccc2CCc2ccccc21)C(=O)c1ccccc1C(F)(F)F. The summed E-state index contributed by atoms with van der Waals surface area (Å²) in [6, 6.07) is 21.5. The summed E-state index contributed by atoms with van der Waals surface area (Å²) < 4.78 is 39.9. The van der Waals surface area contributed by atoms with Crippen molar-refractivity contribution >= 4 is 11.5 Å². The summed E-state index contributed by atoms with van der Waals surface area (Å²) in [5, 5.41) is 0. The Bertz CT molecular complexity index is 1110. The fraction of sp³-hybridized carbons (Fsp3) is 0.222. The van der Waals surface area contributed by atoms with Crippen LogP contribution in [0.1, 0.15) is 44.6 Å². The van der Waals surface area contributed by atoms with Crippen molar-refractivity contribution in [3.05, 3.63) is 112 Å². The quantitative estimate of drug-likeness (QED) is 0.465. The summed E-state index contributed by atoms with van der Waals surface area (Å²) in [5.74, 6) is -0.627. The first kappa shape index (κ1) is 21.9. The first-order valence-electron chi connectivity index (χ1n) is 10.6. The van der Waals surface area contributed by atoms with E-state index in [0.717, 1.165) is 24.5 Å². The molecule has 0 aromatic heterocycles. The molecule has 5 heteroatoms. The summed E-state index contributed by atoms with van der Waals surface area (Å²) in [5.41, 5.74) is 4.80. The van der Waals surface area contributed by atoms with Crippen LogP contribution >= 0.6 is 0 Å². The Balaban J connectivity index is 1.58. The van der Waals surface area contributed by atoms with Crippen LogP contribution in [0.25, 0.3) is 5.57 Å². The van der Waals surface area contributed by atoms with Gasteiger partial charge in [0.25, 0.3) is 5.91 Å². The monoisotopic (exact) mass is 435 g/mol. The second kappa shape index (κ2) is 9.03. The van der Waals surface area contributed by atoms with Crippen LogP contribution in [0.5, 0.6) is 0 Å². The third kappa shape index (κ3) is 4.47. The molecule has 0 saturated heterocycles. The average molecular weight is 435 g/mol. The van der Waals surface area contributed by atoms with Crippen molar-refractivity contribution in [3.8, 4) is 0 Å². The van der Waals surface area contributed by atoms with Crippen LogP contribution in [-0.4, -0.2) is 24.4 Å². The summed E-state index contributed by atoms with van der Waals surface area (Å²) in [6.07, 6.45) is -0.0199. The Labute approximate surface area is 186 Å². The Hall–Kier alpha value is -3.34. The molecule has 0 radical (unpaired) electrons. The molecule has 1 aliphatic carbocycles. The first-order chi connectivity index (χ1) is 15.4. The number of hydrogen-bond donors (Lipinski definition) is 0.